The third-order valence-corrected chi connectivity index (χ3v) is 5.75. The molecule has 144 valence electrons. The second kappa shape index (κ2) is 6.63. The number of hydrogen-bond acceptors (Lipinski definition) is 4. The molecule has 0 bridgehead atoms. The molecule has 2 saturated heterocycles. The first-order valence-corrected chi connectivity index (χ1v) is 9.69. The molecule has 5 rings (SSSR count). The molecule has 1 aromatic carbocycles. The summed E-state index contributed by atoms with van der Waals surface area (Å²) in [6.45, 7) is 1.86. The lowest BCUT2D eigenvalue weighted by atomic mass is 9.84. The molecule has 1 atom stereocenters. The van der Waals surface area contributed by atoms with Gasteiger partial charge in [-0.1, -0.05) is 24.3 Å². The number of hydrogen-bond donors (Lipinski definition) is 0. The van der Waals surface area contributed by atoms with Gasteiger partial charge in [0.1, 0.15) is 11.7 Å². The van der Waals surface area contributed by atoms with Gasteiger partial charge in [-0.15, -0.1) is 0 Å². The van der Waals surface area contributed by atoms with Crippen molar-refractivity contribution in [3.63, 3.8) is 0 Å². The molecule has 6 nitrogen and oxygen atoms in total. The molecule has 0 unspecified atom stereocenters. The molecule has 1 spiro atoms. The van der Waals surface area contributed by atoms with Crippen LogP contribution < -0.4 is 4.74 Å². The Morgan fingerprint density at radius 2 is 2.04 bits per heavy atom. The van der Waals surface area contributed by atoms with Crippen LogP contribution >= 0.6 is 0 Å². The summed E-state index contributed by atoms with van der Waals surface area (Å²) >= 11 is 0. The molecule has 3 aromatic rings. The molecular formula is C22H23N3O3. The minimum absolute atomic E-state index is 0.0680. The van der Waals surface area contributed by atoms with Gasteiger partial charge in [0.15, 0.2) is 0 Å². The molecule has 2 fully saturated rings. The number of nitrogens with zero attached hydrogens (tertiary/aromatic N) is 3. The van der Waals surface area contributed by atoms with Crippen LogP contribution in [0.25, 0.3) is 10.9 Å². The van der Waals surface area contributed by atoms with Crippen LogP contribution in [0, 0.1) is 0 Å². The fourth-order valence-corrected chi connectivity index (χ4v) is 4.37. The zero-order valence-electron chi connectivity index (χ0n) is 15.9. The second-order valence-electron chi connectivity index (χ2n) is 7.76. The Bertz CT molecular complexity index is 1010. The predicted molar refractivity (Wildman–Crippen MR) is 105 cm³/mol. The van der Waals surface area contributed by atoms with Crippen molar-refractivity contribution in [1.29, 1.82) is 0 Å². The largest absolute Gasteiger partial charge is 0.474 e. The number of carbonyl (C=O) groups excluding carboxylic acids is 1. The van der Waals surface area contributed by atoms with E-state index in [-0.39, 0.29) is 17.6 Å². The molecule has 2 aliphatic rings. The molecule has 28 heavy (non-hydrogen) atoms. The highest BCUT2D eigenvalue weighted by Crippen LogP contribution is 2.37. The smallest absolute Gasteiger partial charge is 0.256 e. The van der Waals surface area contributed by atoms with E-state index in [1.807, 2.05) is 65.2 Å². The van der Waals surface area contributed by atoms with Crippen LogP contribution in [-0.2, 0) is 11.8 Å². The lowest BCUT2D eigenvalue weighted by molar-refractivity contribution is -0.174. The van der Waals surface area contributed by atoms with Crippen LogP contribution in [0.5, 0.6) is 5.88 Å². The van der Waals surface area contributed by atoms with Crippen molar-refractivity contribution < 1.29 is 14.3 Å². The predicted octanol–water partition coefficient (Wildman–Crippen LogP) is 3.03. The lowest BCUT2D eigenvalue weighted by Gasteiger charge is -2.52. The number of amides is 1. The van der Waals surface area contributed by atoms with Crippen LogP contribution in [0.3, 0.4) is 0 Å². The van der Waals surface area contributed by atoms with Crippen LogP contribution in [0.15, 0.2) is 54.9 Å². The summed E-state index contributed by atoms with van der Waals surface area (Å²) < 4.78 is 14.1. The number of carbonyl (C=O) groups is 1. The number of fused-ring (bicyclic) bond motifs is 1. The Balaban J connectivity index is 1.27. The molecule has 6 heteroatoms. The molecular weight excluding hydrogens is 354 g/mol. The van der Waals surface area contributed by atoms with E-state index in [4.69, 9.17) is 9.47 Å². The molecule has 1 amide bonds. The Morgan fingerprint density at radius 1 is 1.21 bits per heavy atom. The number of para-hydroxylation sites is 1. The van der Waals surface area contributed by atoms with Crippen molar-refractivity contribution in [1.82, 2.24) is 14.5 Å². The van der Waals surface area contributed by atoms with Gasteiger partial charge in [0.25, 0.3) is 5.91 Å². The highest BCUT2D eigenvalue weighted by Gasteiger charge is 2.50. The number of benzene rings is 1. The van der Waals surface area contributed by atoms with Crippen molar-refractivity contribution in [2.45, 2.75) is 24.5 Å². The van der Waals surface area contributed by atoms with Gasteiger partial charge in [-0.2, -0.15) is 0 Å². The van der Waals surface area contributed by atoms with E-state index < -0.39 is 0 Å². The highest BCUT2D eigenvalue weighted by molar-refractivity contribution is 6.07. The molecule has 0 aliphatic carbocycles. The van der Waals surface area contributed by atoms with Crippen LogP contribution in [0.2, 0.25) is 0 Å². The second-order valence-corrected chi connectivity index (χ2v) is 7.76. The number of rotatable bonds is 3. The van der Waals surface area contributed by atoms with Crippen LogP contribution in [0.4, 0.5) is 0 Å². The van der Waals surface area contributed by atoms with E-state index in [1.54, 1.807) is 6.20 Å². The van der Waals surface area contributed by atoms with Gasteiger partial charge in [0.2, 0.25) is 5.88 Å². The first-order valence-electron chi connectivity index (χ1n) is 9.69. The van der Waals surface area contributed by atoms with Crippen molar-refractivity contribution in [3.05, 3.63) is 60.4 Å². The van der Waals surface area contributed by atoms with E-state index >= 15 is 0 Å². The van der Waals surface area contributed by atoms with Crippen molar-refractivity contribution >= 4 is 16.8 Å². The first-order chi connectivity index (χ1) is 13.6. The Morgan fingerprint density at radius 3 is 2.86 bits per heavy atom. The number of likely N-dealkylation sites (tertiary alicyclic amines) is 1. The van der Waals surface area contributed by atoms with Gasteiger partial charge >= 0.3 is 0 Å². The molecule has 0 saturated carbocycles. The van der Waals surface area contributed by atoms with E-state index in [0.717, 1.165) is 29.3 Å². The quantitative estimate of drug-likeness (QED) is 0.704. The molecule has 0 radical (unpaired) electrons. The summed E-state index contributed by atoms with van der Waals surface area (Å²) in [4.78, 5) is 19.2. The summed E-state index contributed by atoms with van der Waals surface area (Å²) in [5.74, 6) is 0.714. The number of aryl methyl sites for hydroxylation is 1. The molecule has 0 N–H and O–H groups in total. The normalized spacial score (nSPS) is 20.9. The van der Waals surface area contributed by atoms with Gasteiger partial charge in [0, 0.05) is 49.3 Å². The zero-order valence-corrected chi connectivity index (χ0v) is 15.9. The average Bonchev–Trinajstić information content (AvgIpc) is 3.04. The van der Waals surface area contributed by atoms with Gasteiger partial charge in [-0.3, -0.25) is 4.79 Å². The van der Waals surface area contributed by atoms with Crippen molar-refractivity contribution in [2.24, 2.45) is 7.05 Å². The summed E-state index contributed by atoms with van der Waals surface area (Å²) in [5, 5.41) is 0.997. The maximum absolute atomic E-state index is 13.1. The number of ether oxygens (including phenoxy) is 2. The minimum Gasteiger partial charge on any atom is -0.474 e. The maximum Gasteiger partial charge on any atom is 0.256 e. The van der Waals surface area contributed by atoms with Crippen molar-refractivity contribution in [2.75, 3.05) is 19.7 Å². The highest BCUT2D eigenvalue weighted by atomic mass is 16.5. The zero-order chi connectivity index (χ0) is 19.1. The maximum atomic E-state index is 13.1. The fraction of sp³-hybridized carbons (Fsp3) is 0.364. The standard InChI is InChI=1S/C22H23N3O3/c1-24-13-18(17-6-2-3-7-19(17)24)21(26)25-14-22(15-25)12-16(9-11-27-22)28-20-8-4-5-10-23-20/h2-8,10,13,16H,9,11-12,14-15H2,1H3/t16-/m0/s1. The van der Waals surface area contributed by atoms with Crippen molar-refractivity contribution in [3.8, 4) is 5.88 Å². The summed E-state index contributed by atoms with van der Waals surface area (Å²) in [6, 6.07) is 13.7. The Hall–Kier alpha value is -2.86. The summed E-state index contributed by atoms with van der Waals surface area (Å²) in [6.07, 6.45) is 5.35. The first kappa shape index (κ1) is 17.3. The molecule has 4 heterocycles. The summed E-state index contributed by atoms with van der Waals surface area (Å²) in [7, 11) is 1.97. The fourth-order valence-electron chi connectivity index (χ4n) is 4.37. The third kappa shape index (κ3) is 2.94. The van der Waals surface area contributed by atoms with E-state index in [0.29, 0.717) is 25.6 Å². The lowest BCUT2D eigenvalue weighted by Crippen LogP contribution is -2.67. The van der Waals surface area contributed by atoms with Gasteiger partial charge in [-0.05, 0) is 12.1 Å². The van der Waals surface area contributed by atoms with Gasteiger partial charge in [0.05, 0.1) is 25.3 Å². The molecule has 2 aliphatic heterocycles. The van der Waals surface area contributed by atoms with Gasteiger partial charge < -0.3 is 18.9 Å². The Kier molecular flexibility index (Phi) is 4.09. The number of pyridine rings is 1. The van der Waals surface area contributed by atoms with Crippen LogP contribution in [-0.4, -0.2) is 51.8 Å². The average molecular weight is 377 g/mol. The van der Waals surface area contributed by atoms with Crippen LogP contribution in [0.1, 0.15) is 23.2 Å². The van der Waals surface area contributed by atoms with E-state index in [1.165, 1.54) is 0 Å². The monoisotopic (exact) mass is 377 g/mol. The summed E-state index contributed by atoms with van der Waals surface area (Å²) in [5.41, 5.74) is 1.53. The molecule has 2 aromatic heterocycles. The van der Waals surface area contributed by atoms with E-state index in [2.05, 4.69) is 4.98 Å². The SMILES string of the molecule is Cn1cc(C(=O)N2CC3(C[C@@H](Oc4ccccn4)CCO3)C2)c2ccccc21. The third-order valence-electron chi connectivity index (χ3n) is 5.75. The minimum atomic E-state index is -0.294. The Labute approximate surface area is 163 Å². The van der Waals surface area contributed by atoms with Gasteiger partial charge in [-0.25, -0.2) is 4.98 Å². The van der Waals surface area contributed by atoms with E-state index in [9.17, 15) is 4.79 Å². The topological polar surface area (TPSA) is 56.6 Å². The number of aromatic nitrogens is 2.